The maximum atomic E-state index is 14.3. The Balaban J connectivity index is 3.45. The van der Waals surface area contributed by atoms with Gasteiger partial charge in [-0.15, -0.1) is 0 Å². The Labute approximate surface area is 148 Å². The molecule has 0 heterocycles. The van der Waals surface area contributed by atoms with Crippen molar-refractivity contribution in [1.82, 2.24) is 0 Å². The fourth-order valence-corrected chi connectivity index (χ4v) is 1.72. The van der Waals surface area contributed by atoms with E-state index in [9.17, 15) is 28.5 Å². The Hall–Kier alpha value is -2.78. The highest BCUT2D eigenvalue weighted by Gasteiger charge is 2.35. The number of benzene rings is 1. The van der Waals surface area contributed by atoms with Crippen LogP contribution in [-0.4, -0.2) is 28.3 Å². The van der Waals surface area contributed by atoms with Gasteiger partial charge >= 0.3 is 17.9 Å². The molecule has 0 bridgehead atoms. The van der Waals surface area contributed by atoms with Gasteiger partial charge in [-0.3, -0.25) is 10.1 Å². The third-order valence-corrected chi connectivity index (χ3v) is 2.61. The minimum atomic E-state index is -1.43. The summed E-state index contributed by atoms with van der Waals surface area (Å²) in [6.07, 6.45) is -2.64. The van der Waals surface area contributed by atoms with E-state index in [1.807, 2.05) is 0 Å². The summed E-state index contributed by atoms with van der Waals surface area (Å²) < 4.78 is 38.3. The number of anilines is 1. The van der Waals surface area contributed by atoms with Crippen molar-refractivity contribution in [3.63, 3.8) is 0 Å². The molecule has 2 amide bonds. The average molecular weight is 374 g/mol. The molecule has 0 unspecified atom stereocenters. The second-order valence-electron chi connectivity index (χ2n) is 7.31. The number of nitrogens with zero attached hydrogens (tertiary/aromatic N) is 2. The van der Waals surface area contributed by atoms with E-state index in [0.29, 0.717) is 6.07 Å². The number of hydrogen-bond donors (Lipinski definition) is 0. The minimum Gasteiger partial charge on any atom is -0.443 e. The number of carbonyl (C=O) groups excluding carboxylic acids is 2. The van der Waals surface area contributed by atoms with Gasteiger partial charge in [0.1, 0.15) is 11.2 Å². The van der Waals surface area contributed by atoms with Gasteiger partial charge in [0.25, 0.3) is 0 Å². The van der Waals surface area contributed by atoms with Crippen LogP contribution in [0.4, 0.5) is 29.7 Å². The molecule has 0 N–H and O–H groups in total. The van der Waals surface area contributed by atoms with E-state index < -0.39 is 51.3 Å². The molecule has 8 nitrogen and oxygen atoms in total. The van der Waals surface area contributed by atoms with Crippen molar-refractivity contribution < 1.29 is 32.8 Å². The minimum absolute atomic E-state index is 0.151. The molecule has 0 aliphatic rings. The molecule has 26 heavy (non-hydrogen) atoms. The van der Waals surface area contributed by atoms with E-state index in [-0.39, 0.29) is 11.0 Å². The number of rotatable bonds is 2. The van der Waals surface area contributed by atoms with Crippen molar-refractivity contribution >= 4 is 23.6 Å². The Morgan fingerprint density at radius 3 is 1.73 bits per heavy atom. The lowest BCUT2D eigenvalue weighted by molar-refractivity contribution is -0.387. The standard InChI is InChI=1S/C16H20F2N2O6/c1-15(2,3)25-13(21)19(14(22)26-16(4,5)6)11-7-10(18)12(20(23)24)8-9(11)17/h7-8H,1-6H3. The highest BCUT2D eigenvalue weighted by Crippen LogP contribution is 2.30. The van der Waals surface area contributed by atoms with E-state index in [0.717, 1.165) is 0 Å². The van der Waals surface area contributed by atoms with Crippen LogP contribution in [0.15, 0.2) is 12.1 Å². The molecule has 0 aliphatic heterocycles. The van der Waals surface area contributed by atoms with E-state index in [1.54, 1.807) is 0 Å². The second-order valence-corrected chi connectivity index (χ2v) is 7.31. The first-order valence-corrected chi connectivity index (χ1v) is 7.52. The van der Waals surface area contributed by atoms with Gasteiger partial charge in [-0.25, -0.2) is 14.0 Å². The topological polar surface area (TPSA) is 99.0 Å². The van der Waals surface area contributed by atoms with Crippen molar-refractivity contribution in [2.24, 2.45) is 0 Å². The molecule has 1 rings (SSSR count). The summed E-state index contributed by atoms with van der Waals surface area (Å²) in [5, 5.41) is 10.7. The molecule has 0 fully saturated rings. The van der Waals surface area contributed by atoms with Crippen molar-refractivity contribution in [3.05, 3.63) is 33.9 Å². The highest BCUT2D eigenvalue weighted by molar-refractivity contribution is 6.09. The van der Waals surface area contributed by atoms with Crippen LogP contribution in [0.3, 0.4) is 0 Å². The molecule has 0 aromatic heterocycles. The zero-order valence-electron chi connectivity index (χ0n) is 15.3. The Morgan fingerprint density at radius 2 is 1.38 bits per heavy atom. The van der Waals surface area contributed by atoms with Gasteiger partial charge in [-0.2, -0.15) is 9.29 Å². The molecular weight excluding hydrogens is 354 g/mol. The van der Waals surface area contributed by atoms with Gasteiger partial charge in [-0.05, 0) is 41.5 Å². The largest absolute Gasteiger partial charge is 0.443 e. The maximum absolute atomic E-state index is 14.3. The Kier molecular flexibility index (Phi) is 5.91. The summed E-state index contributed by atoms with van der Waals surface area (Å²) in [6, 6.07) is 0.633. The summed E-state index contributed by atoms with van der Waals surface area (Å²) in [4.78, 5) is 34.4. The highest BCUT2D eigenvalue weighted by atomic mass is 19.1. The zero-order valence-corrected chi connectivity index (χ0v) is 15.3. The van der Waals surface area contributed by atoms with Gasteiger partial charge in [0.05, 0.1) is 16.7 Å². The molecule has 1 aromatic rings. The summed E-state index contributed by atoms with van der Waals surface area (Å²) in [6.45, 7) is 9.03. The molecule has 10 heteroatoms. The number of amides is 2. The lowest BCUT2D eigenvalue weighted by atomic mass is 10.2. The van der Waals surface area contributed by atoms with Crippen LogP contribution in [0.25, 0.3) is 0 Å². The molecule has 0 saturated carbocycles. The van der Waals surface area contributed by atoms with E-state index in [4.69, 9.17) is 9.47 Å². The quantitative estimate of drug-likeness (QED) is 0.556. The molecule has 0 spiro atoms. The number of carbonyl (C=O) groups is 2. The third-order valence-electron chi connectivity index (χ3n) is 2.61. The van der Waals surface area contributed by atoms with Crippen molar-refractivity contribution in [1.29, 1.82) is 0 Å². The van der Waals surface area contributed by atoms with Gasteiger partial charge < -0.3 is 9.47 Å². The number of imide groups is 1. The summed E-state index contributed by atoms with van der Waals surface area (Å²) in [5.41, 5.74) is -4.10. The van der Waals surface area contributed by atoms with Gasteiger partial charge in [0, 0.05) is 6.07 Å². The van der Waals surface area contributed by atoms with Crippen LogP contribution in [0.2, 0.25) is 0 Å². The molecule has 0 atom stereocenters. The second kappa shape index (κ2) is 7.22. The fourth-order valence-electron chi connectivity index (χ4n) is 1.72. The molecule has 0 radical (unpaired) electrons. The SMILES string of the molecule is CC(C)(C)OC(=O)N(C(=O)OC(C)(C)C)c1cc(F)c([N+](=O)[O-])cc1F. The lowest BCUT2D eigenvalue weighted by Gasteiger charge is -2.28. The maximum Gasteiger partial charge on any atom is 0.424 e. The van der Waals surface area contributed by atoms with Crippen LogP contribution in [-0.2, 0) is 9.47 Å². The first-order valence-electron chi connectivity index (χ1n) is 7.52. The summed E-state index contributed by atoms with van der Waals surface area (Å²) in [5.74, 6) is -2.79. The van der Waals surface area contributed by atoms with E-state index in [2.05, 4.69) is 0 Å². The molecule has 1 aromatic carbocycles. The average Bonchev–Trinajstić information content (AvgIpc) is 2.37. The van der Waals surface area contributed by atoms with Gasteiger partial charge in [0.2, 0.25) is 5.82 Å². The predicted molar refractivity (Wildman–Crippen MR) is 88.0 cm³/mol. The van der Waals surface area contributed by atoms with E-state index >= 15 is 0 Å². The first kappa shape index (κ1) is 21.3. The molecule has 0 saturated heterocycles. The predicted octanol–water partition coefficient (Wildman–Crippen LogP) is 4.55. The van der Waals surface area contributed by atoms with E-state index in [1.165, 1.54) is 41.5 Å². The van der Waals surface area contributed by atoms with Crippen LogP contribution >= 0.6 is 0 Å². The van der Waals surface area contributed by atoms with Crippen molar-refractivity contribution in [2.45, 2.75) is 52.7 Å². The van der Waals surface area contributed by atoms with Crippen LogP contribution in [0.5, 0.6) is 0 Å². The number of hydrogen-bond acceptors (Lipinski definition) is 6. The van der Waals surface area contributed by atoms with Crippen LogP contribution < -0.4 is 4.90 Å². The van der Waals surface area contributed by atoms with Gasteiger partial charge in [-0.1, -0.05) is 0 Å². The number of ether oxygens (including phenoxy) is 2. The van der Waals surface area contributed by atoms with Crippen molar-refractivity contribution in [3.8, 4) is 0 Å². The third kappa shape index (κ3) is 5.64. The Bertz CT molecular complexity index is 709. The normalized spacial score (nSPS) is 11.7. The van der Waals surface area contributed by atoms with Crippen LogP contribution in [0.1, 0.15) is 41.5 Å². The van der Waals surface area contributed by atoms with Crippen LogP contribution in [0, 0.1) is 21.7 Å². The summed E-state index contributed by atoms with van der Waals surface area (Å²) >= 11 is 0. The first-order chi connectivity index (χ1) is 11.6. The lowest BCUT2D eigenvalue weighted by Crippen LogP contribution is -2.44. The van der Waals surface area contributed by atoms with Crippen molar-refractivity contribution in [2.75, 3.05) is 4.90 Å². The monoisotopic (exact) mass is 374 g/mol. The zero-order chi connectivity index (χ0) is 20.4. The molecular formula is C16H20F2N2O6. The fraction of sp³-hybridized carbons (Fsp3) is 0.500. The molecule has 0 aliphatic carbocycles. The number of nitro groups is 1. The Morgan fingerprint density at radius 1 is 0.962 bits per heavy atom. The molecule has 144 valence electrons. The number of nitro benzene ring substituents is 1. The van der Waals surface area contributed by atoms with Gasteiger partial charge in [0.15, 0.2) is 5.82 Å². The number of halogens is 2. The smallest absolute Gasteiger partial charge is 0.424 e. The summed E-state index contributed by atoms with van der Waals surface area (Å²) in [7, 11) is 0.